The Kier molecular flexibility index (Phi) is 5.80. The van der Waals surface area contributed by atoms with Crippen LogP contribution in [0.15, 0.2) is 24.3 Å². The molecule has 122 valence electrons. The first-order valence-electron chi connectivity index (χ1n) is 6.99. The molecule has 1 aromatic carbocycles. The van der Waals surface area contributed by atoms with Crippen molar-refractivity contribution in [1.29, 1.82) is 0 Å². The molecule has 0 radical (unpaired) electrons. The number of amides is 1. The molecule has 22 heavy (non-hydrogen) atoms. The SMILES string of the molecule is C[C@H](NS(=O)(=O)Cc1ccccc1Cl)C(=O)N1CCOCC1. The number of rotatable bonds is 5. The van der Waals surface area contributed by atoms with E-state index in [0.29, 0.717) is 36.9 Å². The van der Waals surface area contributed by atoms with Crippen molar-refractivity contribution in [2.24, 2.45) is 0 Å². The molecule has 6 nitrogen and oxygen atoms in total. The van der Waals surface area contributed by atoms with Crippen LogP contribution in [0.2, 0.25) is 5.02 Å². The second-order valence-electron chi connectivity index (χ2n) is 5.13. The van der Waals surface area contributed by atoms with Crippen molar-refractivity contribution in [1.82, 2.24) is 9.62 Å². The first kappa shape index (κ1) is 17.2. The summed E-state index contributed by atoms with van der Waals surface area (Å²) in [5.41, 5.74) is 0.502. The summed E-state index contributed by atoms with van der Waals surface area (Å²) in [4.78, 5) is 13.8. The van der Waals surface area contributed by atoms with E-state index in [1.54, 1.807) is 36.1 Å². The van der Waals surface area contributed by atoms with Gasteiger partial charge in [0.25, 0.3) is 0 Å². The summed E-state index contributed by atoms with van der Waals surface area (Å²) in [5, 5.41) is 0.389. The van der Waals surface area contributed by atoms with Gasteiger partial charge in [0.15, 0.2) is 0 Å². The van der Waals surface area contributed by atoms with Crippen molar-refractivity contribution in [3.8, 4) is 0 Å². The highest BCUT2D eigenvalue weighted by Crippen LogP contribution is 2.17. The Morgan fingerprint density at radius 1 is 1.36 bits per heavy atom. The zero-order valence-corrected chi connectivity index (χ0v) is 13.9. The van der Waals surface area contributed by atoms with Crippen molar-refractivity contribution < 1.29 is 17.9 Å². The molecule has 1 aliphatic heterocycles. The van der Waals surface area contributed by atoms with E-state index in [2.05, 4.69) is 4.72 Å². The molecule has 0 saturated carbocycles. The molecule has 1 N–H and O–H groups in total. The number of halogens is 1. The molecular formula is C14H19ClN2O4S. The van der Waals surface area contributed by atoms with Gasteiger partial charge in [0.1, 0.15) is 0 Å². The van der Waals surface area contributed by atoms with Gasteiger partial charge in [-0.3, -0.25) is 4.79 Å². The molecule has 1 fully saturated rings. The normalized spacial score (nSPS) is 17.3. The van der Waals surface area contributed by atoms with Gasteiger partial charge in [-0.25, -0.2) is 13.1 Å². The fourth-order valence-corrected chi connectivity index (χ4v) is 3.90. The quantitative estimate of drug-likeness (QED) is 0.863. The van der Waals surface area contributed by atoms with E-state index in [1.807, 2.05) is 0 Å². The fourth-order valence-electron chi connectivity index (χ4n) is 2.24. The minimum atomic E-state index is -3.65. The molecular weight excluding hydrogens is 328 g/mol. The summed E-state index contributed by atoms with van der Waals surface area (Å²) in [7, 11) is -3.65. The van der Waals surface area contributed by atoms with E-state index in [0.717, 1.165) is 0 Å². The van der Waals surface area contributed by atoms with Gasteiger partial charge < -0.3 is 9.64 Å². The smallest absolute Gasteiger partial charge is 0.240 e. The summed E-state index contributed by atoms with van der Waals surface area (Å²) in [6.45, 7) is 3.46. The maximum Gasteiger partial charge on any atom is 0.240 e. The van der Waals surface area contributed by atoms with Gasteiger partial charge in [0.05, 0.1) is 25.0 Å². The molecule has 0 bridgehead atoms. The molecule has 1 aliphatic rings. The molecule has 2 rings (SSSR count). The molecule has 1 saturated heterocycles. The van der Waals surface area contributed by atoms with Crippen LogP contribution in [0.5, 0.6) is 0 Å². The molecule has 0 aliphatic carbocycles. The number of hydrogen-bond donors (Lipinski definition) is 1. The largest absolute Gasteiger partial charge is 0.378 e. The molecule has 1 aromatic rings. The molecule has 1 atom stereocenters. The summed E-state index contributed by atoms with van der Waals surface area (Å²) in [5.74, 6) is -0.501. The van der Waals surface area contributed by atoms with E-state index in [9.17, 15) is 13.2 Å². The Morgan fingerprint density at radius 3 is 2.64 bits per heavy atom. The second-order valence-corrected chi connectivity index (χ2v) is 7.29. The average molecular weight is 347 g/mol. The zero-order chi connectivity index (χ0) is 16.2. The molecule has 1 amide bonds. The average Bonchev–Trinajstić information content (AvgIpc) is 2.49. The van der Waals surface area contributed by atoms with Crippen LogP contribution in [-0.4, -0.2) is 51.6 Å². The topological polar surface area (TPSA) is 75.7 Å². The van der Waals surface area contributed by atoms with Gasteiger partial charge in [-0.1, -0.05) is 29.8 Å². The number of sulfonamides is 1. The maximum absolute atomic E-state index is 12.2. The number of ether oxygens (including phenoxy) is 1. The van der Waals surface area contributed by atoms with Crippen LogP contribution in [0.3, 0.4) is 0 Å². The van der Waals surface area contributed by atoms with E-state index in [4.69, 9.17) is 16.3 Å². The Morgan fingerprint density at radius 2 is 2.00 bits per heavy atom. The van der Waals surface area contributed by atoms with Crippen LogP contribution >= 0.6 is 11.6 Å². The van der Waals surface area contributed by atoms with Crippen LogP contribution in [0.25, 0.3) is 0 Å². The van der Waals surface area contributed by atoms with Gasteiger partial charge in [-0.2, -0.15) is 0 Å². The lowest BCUT2D eigenvalue weighted by Crippen LogP contribution is -2.50. The van der Waals surface area contributed by atoms with Crippen molar-refractivity contribution in [2.75, 3.05) is 26.3 Å². The third-order valence-electron chi connectivity index (χ3n) is 3.35. The first-order chi connectivity index (χ1) is 10.4. The highest BCUT2D eigenvalue weighted by molar-refractivity contribution is 7.88. The highest BCUT2D eigenvalue weighted by atomic mass is 35.5. The molecule has 0 unspecified atom stereocenters. The van der Waals surface area contributed by atoms with Gasteiger partial charge in [0, 0.05) is 18.1 Å². The van der Waals surface area contributed by atoms with Crippen LogP contribution in [0, 0.1) is 0 Å². The van der Waals surface area contributed by atoms with E-state index in [-0.39, 0.29) is 11.7 Å². The summed E-state index contributed by atoms with van der Waals surface area (Å²) in [6, 6.07) is 5.92. The second kappa shape index (κ2) is 7.41. The predicted molar refractivity (Wildman–Crippen MR) is 84.1 cm³/mol. The van der Waals surface area contributed by atoms with Crippen molar-refractivity contribution in [3.05, 3.63) is 34.9 Å². The van der Waals surface area contributed by atoms with Crippen LogP contribution in [0.1, 0.15) is 12.5 Å². The van der Waals surface area contributed by atoms with Crippen LogP contribution in [0.4, 0.5) is 0 Å². The Labute approximate surface area is 135 Å². The number of nitrogens with one attached hydrogen (secondary N) is 1. The maximum atomic E-state index is 12.2. The number of hydrogen-bond acceptors (Lipinski definition) is 4. The lowest BCUT2D eigenvalue weighted by atomic mass is 10.2. The number of morpholine rings is 1. The molecule has 1 heterocycles. The lowest BCUT2D eigenvalue weighted by Gasteiger charge is -2.29. The fraction of sp³-hybridized carbons (Fsp3) is 0.500. The van der Waals surface area contributed by atoms with Crippen molar-refractivity contribution in [3.63, 3.8) is 0 Å². The van der Waals surface area contributed by atoms with Gasteiger partial charge in [-0.15, -0.1) is 0 Å². The minimum Gasteiger partial charge on any atom is -0.378 e. The number of benzene rings is 1. The lowest BCUT2D eigenvalue weighted by molar-refractivity contribution is -0.136. The van der Waals surface area contributed by atoms with Crippen LogP contribution < -0.4 is 4.72 Å². The number of nitrogens with zero attached hydrogens (tertiary/aromatic N) is 1. The summed E-state index contributed by atoms with van der Waals surface area (Å²) >= 11 is 5.97. The number of carbonyl (C=O) groups is 1. The van der Waals surface area contributed by atoms with Crippen LogP contribution in [-0.2, 0) is 25.3 Å². The van der Waals surface area contributed by atoms with E-state index < -0.39 is 16.1 Å². The third kappa shape index (κ3) is 4.67. The minimum absolute atomic E-state index is 0.244. The Bertz CT molecular complexity index is 629. The first-order valence-corrected chi connectivity index (χ1v) is 9.02. The zero-order valence-electron chi connectivity index (χ0n) is 12.3. The van der Waals surface area contributed by atoms with Crippen molar-refractivity contribution >= 4 is 27.5 Å². The Balaban J connectivity index is 1.98. The standard InChI is InChI=1S/C14H19ClN2O4S/c1-11(14(18)17-6-8-21-9-7-17)16-22(19,20)10-12-4-2-3-5-13(12)15/h2-5,11,16H,6-10H2,1H3/t11-/m0/s1. The third-order valence-corrected chi connectivity index (χ3v) is 5.13. The van der Waals surface area contributed by atoms with Gasteiger partial charge >= 0.3 is 0 Å². The van der Waals surface area contributed by atoms with E-state index in [1.165, 1.54) is 0 Å². The molecule has 0 aromatic heterocycles. The van der Waals surface area contributed by atoms with Crippen molar-refractivity contribution in [2.45, 2.75) is 18.7 Å². The summed E-state index contributed by atoms with van der Waals surface area (Å²) in [6.07, 6.45) is 0. The summed E-state index contributed by atoms with van der Waals surface area (Å²) < 4.78 is 32.0. The molecule has 8 heteroatoms. The Hall–Kier alpha value is -1.15. The van der Waals surface area contributed by atoms with Gasteiger partial charge in [0.2, 0.25) is 15.9 Å². The highest BCUT2D eigenvalue weighted by Gasteiger charge is 2.26. The van der Waals surface area contributed by atoms with E-state index >= 15 is 0 Å². The monoisotopic (exact) mass is 346 g/mol. The van der Waals surface area contributed by atoms with Gasteiger partial charge in [-0.05, 0) is 18.6 Å². The predicted octanol–water partition coefficient (Wildman–Crippen LogP) is 1.01. The molecule has 0 spiro atoms. The number of carbonyl (C=O) groups excluding carboxylic acids is 1.